The van der Waals surface area contributed by atoms with Crippen molar-refractivity contribution in [2.75, 3.05) is 13.7 Å². The Labute approximate surface area is 119 Å². The summed E-state index contributed by atoms with van der Waals surface area (Å²) in [7, 11) is 1.31. The van der Waals surface area contributed by atoms with Gasteiger partial charge in [0, 0.05) is 13.1 Å². The zero-order valence-electron chi connectivity index (χ0n) is 11.3. The van der Waals surface area contributed by atoms with Gasteiger partial charge in [0.15, 0.2) is 17.5 Å². The standard InChI is InChI=1S/C12H14N2O7/c1-7(16)14(8(6-15)11(17)18)21-12(19)10-9(20-2)4-3-5-13-10/h3-5,8,15H,6H2,1-2H3,(H,17,18)/t8-/m0/s1. The number of hydrogen-bond donors (Lipinski definition) is 2. The molecule has 0 spiro atoms. The number of aromatic nitrogens is 1. The van der Waals surface area contributed by atoms with E-state index in [9.17, 15) is 14.4 Å². The maximum absolute atomic E-state index is 11.9. The zero-order valence-corrected chi connectivity index (χ0v) is 11.3. The molecule has 1 heterocycles. The molecule has 0 aliphatic rings. The summed E-state index contributed by atoms with van der Waals surface area (Å²) in [6.07, 6.45) is 1.30. The molecule has 0 saturated heterocycles. The van der Waals surface area contributed by atoms with Gasteiger partial charge in [0.25, 0.3) is 5.91 Å². The number of carboxylic acids is 1. The predicted molar refractivity (Wildman–Crippen MR) is 67.2 cm³/mol. The molecule has 1 amide bonds. The minimum Gasteiger partial charge on any atom is -0.494 e. The Morgan fingerprint density at radius 3 is 2.57 bits per heavy atom. The third kappa shape index (κ3) is 3.89. The number of methoxy groups -OCH3 is 1. The van der Waals surface area contributed by atoms with Crippen LogP contribution < -0.4 is 4.74 Å². The van der Waals surface area contributed by atoms with Gasteiger partial charge in [-0.2, -0.15) is 5.06 Å². The quantitative estimate of drug-likeness (QED) is 0.694. The summed E-state index contributed by atoms with van der Waals surface area (Å²) in [5.41, 5.74) is -0.228. The van der Waals surface area contributed by atoms with Crippen molar-refractivity contribution in [1.82, 2.24) is 10.0 Å². The average molecular weight is 298 g/mol. The Morgan fingerprint density at radius 2 is 2.10 bits per heavy atom. The Balaban J connectivity index is 3.01. The molecule has 0 aliphatic heterocycles. The van der Waals surface area contributed by atoms with Crippen molar-refractivity contribution in [3.8, 4) is 5.75 Å². The second kappa shape index (κ2) is 7.20. The first-order valence-electron chi connectivity index (χ1n) is 5.77. The highest BCUT2D eigenvalue weighted by molar-refractivity contribution is 5.91. The van der Waals surface area contributed by atoms with Gasteiger partial charge in [-0.25, -0.2) is 14.6 Å². The fourth-order valence-electron chi connectivity index (χ4n) is 1.44. The van der Waals surface area contributed by atoms with Crippen LogP contribution in [-0.2, 0) is 14.4 Å². The lowest BCUT2D eigenvalue weighted by atomic mass is 10.3. The molecule has 0 fully saturated rings. The molecule has 2 N–H and O–H groups in total. The number of hydrogen-bond acceptors (Lipinski definition) is 7. The number of amides is 1. The number of carbonyl (C=O) groups is 3. The maximum Gasteiger partial charge on any atom is 0.385 e. The van der Waals surface area contributed by atoms with Crippen LogP contribution in [0.5, 0.6) is 5.75 Å². The summed E-state index contributed by atoms with van der Waals surface area (Å²) in [5.74, 6) is -3.36. The van der Waals surface area contributed by atoms with Gasteiger partial charge in [0.2, 0.25) is 0 Å². The van der Waals surface area contributed by atoms with Crippen LogP contribution in [0.1, 0.15) is 17.4 Å². The summed E-state index contributed by atoms with van der Waals surface area (Å²) in [6, 6.07) is 1.26. The SMILES string of the molecule is COc1cccnc1C(=O)ON(C(C)=O)[C@@H](CO)C(=O)O. The van der Waals surface area contributed by atoms with Crippen molar-refractivity contribution in [1.29, 1.82) is 0 Å². The van der Waals surface area contributed by atoms with Crippen molar-refractivity contribution < 1.29 is 34.2 Å². The highest BCUT2D eigenvalue weighted by Crippen LogP contribution is 2.16. The number of hydroxylamine groups is 2. The van der Waals surface area contributed by atoms with Crippen LogP contribution in [0.15, 0.2) is 18.3 Å². The van der Waals surface area contributed by atoms with E-state index in [4.69, 9.17) is 19.8 Å². The van der Waals surface area contributed by atoms with Crippen LogP contribution in [-0.4, -0.2) is 57.9 Å². The molecule has 1 atom stereocenters. The molecule has 21 heavy (non-hydrogen) atoms. The van der Waals surface area contributed by atoms with Crippen molar-refractivity contribution in [2.45, 2.75) is 13.0 Å². The van der Waals surface area contributed by atoms with Gasteiger partial charge >= 0.3 is 11.9 Å². The van der Waals surface area contributed by atoms with Crippen LogP contribution >= 0.6 is 0 Å². The molecule has 1 rings (SSSR count). The van der Waals surface area contributed by atoms with Crippen LogP contribution in [0.3, 0.4) is 0 Å². The number of nitrogens with zero attached hydrogens (tertiary/aromatic N) is 2. The molecular weight excluding hydrogens is 284 g/mol. The summed E-state index contributed by atoms with van der Waals surface area (Å²) in [5, 5.41) is 18.2. The normalized spacial score (nSPS) is 11.4. The van der Waals surface area contributed by atoms with Gasteiger partial charge in [0.1, 0.15) is 0 Å². The fraction of sp³-hybridized carbons (Fsp3) is 0.333. The molecule has 9 nitrogen and oxygen atoms in total. The number of pyridine rings is 1. The Morgan fingerprint density at radius 1 is 1.43 bits per heavy atom. The van der Waals surface area contributed by atoms with Gasteiger partial charge in [0.05, 0.1) is 13.7 Å². The third-order valence-electron chi connectivity index (χ3n) is 2.42. The number of carbonyl (C=O) groups excluding carboxylic acids is 2. The molecule has 0 saturated carbocycles. The van der Waals surface area contributed by atoms with E-state index in [-0.39, 0.29) is 16.5 Å². The number of aliphatic hydroxyl groups is 1. The largest absolute Gasteiger partial charge is 0.494 e. The van der Waals surface area contributed by atoms with Crippen LogP contribution in [0.4, 0.5) is 0 Å². The highest BCUT2D eigenvalue weighted by Gasteiger charge is 2.32. The second-order valence-electron chi connectivity index (χ2n) is 3.81. The van der Waals surface area contributed by atoms with Gasteiger partial charge in [-0.15, -0.1) is 0 Å². The minimum atomic E-state index is -1.71. The lowest BCUT2D eigenvalue weighted by Gasteiger charge is -2.24. The molecule has 0 aromatic carbocycles. The predicted octanol–water partition coefficient (Wildman–Crippen LogP) is -0.544. The first-order valence-corrected chi connectivity index (χ1v) is 5.77. The van der Waals surface area contributed by atoms with Crippen molar-refractivity contribution >= 4 is 17.8 Å². The summed E-state index contributed by atoms with van der Waals surface area (Å²) >= 11 is 0. The highest BCUT2D eigenvalue weighted by atomic mass is 16.7. The van der Waals surface area contributed by atoms with Crippen LogP contribution in [0, 0.1) is 0 Å². The molecule has 0 unspecified atom stereocenters. The number of aliphatic carboxylic acids is 1. The lowest BCUT2D eigenvalue weighted by molar-refractivity contribution is -0.188. The topological polar surface area (TPSA) is 126 Å². The van der Waals surface area contributed by atoms with E-state index in [2.05, 4.69) is 4.98 Å². The van der Waals surface area contributed by atoms with E-state index < -0.39 is 30.5 Å². The Hall–Kier alpha value is -2.68. The van der Waals surface area contributed by atoms with Gasteiger partial charge in [-0.05, 0) is 12.1 Å². The van der Waals surface area contributed by atoms with Crippen molar-refractivity contribution in [2.24, 2.45) is 0 Å². The van der Waals surface area contributed by atoms with Crippen molar-refractivity contribution in [3.05, 3.63) is 24.0 Å². The molecule has 1 aromatic heterocycles. The zero-order chi connectivity index (χ0) is 16.0. The average Bonchev–Trinajstić information content (AvgIpc) is 2.46. The number of rotatable bonds is 5. The first kappa shape index (κ1) is 16.4. The number of aliphatic hydroxyl groups excluding tert-OH is 1. The molecule has 0 bridgehead atoms. The molecular formula is C12H14N2O7. The maximum atomic E-state index is 11.9. The van der Waals surface area contributed by atoms with Crippen LogP contribution in [0.2, 0.25) is 0 Å². The second-order valence-corrected chi connectivity index (χ2v) is 3.81. The van der Waals surface area contributed by atoms with E-state index in [1.807, 2.05) is 0 Å². The minimum absolute atomic E-state index is 0.0990. The summed E-state index contributed by atoms with van der Waals surface area (Å²) in [6.45, 7) is 0.0794. The van der Waals surface area contributed by atoms with Gasteiger partial charge in [-0.1, -0.05) is 0 Å². The van der Waals surface area contributed by atoms with Gasteiger partial charge < -0.3 is 19.8 Å². The van der Waals surface area contributed by atoms with E-state index in [1.165, 1.54) is 25.4 Å². The van der Waals surface area contributed by atoms with Crippen LogP contribution in [0.25, 0.3) is 0 Å². The van der Waals surface area contributed by atoms with Gasteiger partial charge in [-0.3, -0.25) is 4.79 Å². The van der Waals surface area contributed by atoms with E-state index in [1.54, 1.807) is 0 Å². The Bertz CT molecular complexity index is 546. The number of carboxylic acid groups (broad SMARTS) is 1. The lowest BCUT2D eigenvalue weighted by Crippen LogP contribution is -2.47. The molecule has 114 valence electrons. The fourth-order valence-corrected chi connectivity index (χ4v) is 1.44. The number of ether oxygens (including phenoxy) is 1. The van der Waals surface area contributed by atoms with E-state index in [0.29, 0.717) is 0 Å². The first-order chi connectivity index (χ1) is 9.92. The van der Waals surface area contributed by atoms with Crippen molar-refractivity contribution in [3.63, 3.8) is 0 Å². The summed E-state index contributed by atoms with van der Waals surface area (Å²) < 4.78 is 4.91. The molecule has 0 aliphatic carbocycles. The Kier molecular flexibility index (Phi) is 5.61. The van der Waals surface area contributed by atoms with E-state index >= 15 is 0 Å². The molecule has 1 aromatic rings. The molecule has 9 heteroatoms. The monoisotopic (exact) mass is 298 g/mol. The summed E-state index contributed by atoms with van der Waals surface area (Å²) in [4.78, 5) is 42.7. The third-order valence-corrected chi connectivity index (χ3v) is 2.42. The molecule has 0 radical (unpaired) electrons. The van der Waals surface area contributed by atoms with E-state index in [0.717, 1.165) is 6.92 Å². The smallest absolute Gasteiger partial charge is 0.385 e.